The molecule has 0 aliphatic rings. The fraction of sp³-hybridized carbons (Fsp3) is 0. The second kappa shape index (κ2) is 3.28. The highest BCUT2D eigenvalue weighted by atomic mass is 79.9. The molecular formula is C6H2BrN3O2. The molecule has 0 N–H and O–H groups in total. The van der Waals surface area contributed by atoms with Gasteiger partial charge in [-0.25, -0.2) is 4.98 Å². The van der Waals surface area contributed by atoms with Crippen LogP contribution in [-0.4, -0.2) is 9.91 Å². The van der Waals surface area contributed by atoms with Gasteiger partial charge in [0.25, 0.3) is 5.69 Å². The summed E-state index contributed by atoms with van der Waals surface area (Å²) in [6, 6.07) is 2.96. The predicted molar refractivity (Wildman–Crippen MR) is 43.3 cm³/mol. The molecule has 0 spiro atoms. The highest BCUT2D eigenvalue weighted by Gasteiger charge is 2.15. The van der Waals surface area contributed by atoms with Crippen molar-refractivity contribution in [2.75, 3.05) is 0 Å². The smallest absolute Gasteiger partial charge is 0.258 e. The average molecular weight is 228 g/mol. The molecule has 60 valence electrons. The standard InChI is InChI=1S/C6H2BrN3O2/c7-6-4(3-8)9-2-1-5(6)10(11)12/h1-2H. The molecule has 0 amide bonds. The zero-order valence-electron chi connectivity index (χ0n) is 5.69. The number of halogens is 1. The summed E-state index contributed by atoms with van der Waals surface area (Å²) in [5, 5.41) is 18.8. The van der Waals surface area contributed by atoms with E-state index in [-0.39, 0.29) is 15.9 Å². The molecule has 0 aliphatic carbocycles. The van der Waals surface area contributed by atoms with Gasteiger partial charge in [0, 0.05) is 12.3 Å². The third-order valence-corrected chi connectivity index (χ3v) is 1.95. The van der Waals surface area contributed by atoms with Crippen molar-refractivity contribution < 1.29 is 4.92 Å². The predicted octanol–water partition coefficient (Wildman–Crippen LogP) is 1.62. The average Bonchev–Trinajstić information content (AvgIpc) is 2.04. The van der Waals surface area contributed by atoms with Crippen molar-refractivity contribution in [3.05, 3.63) is 32.5 Å². The van der Waals surface area contributed by atoms with Gasteiger partial charge in [-0.15, -0.1) is 0 Å². The molecule has 0 aliphatic heterocycles. The molecule has 0 unspecified atom stereocenters. The van der Waals surface area contributed by atoms with Gasteiger partial charge in [0.1, 0.15) is 10.5 Å². The molecule has 1 aromatic rings. The van der Waals surface area contributed by atoms with Crippen molar-refractivity contribution in [1.29, 1.82) is 5.26 Å². The van der Waals surface area contributed by atoms with Crippen LogP contribution in [0.15, 0.2) is 16.7 Å². The number of nitro groups is 1. The largest absolute Gasteiger partial charge is 0.288 e. The molecule has 0 fully saturated rings. The van der Waals surface area contributed by atoms with E-state index in [1.54, 1.807) is 6.07 Å². The number of aromatic nitrogens is 1. The minimum atomic E-state index is -0.577. The lowest BCUT2D eigenvalue weighted by Crippen LogP contribution is -1.93. The van der Waals surface area contributed by atoms with Crippen molar-refractivity contribution in [3.8, 4) is 6.07 Å². The van der Waals surface area contributed by atoms with Crippen LogP contribution in [0.4, 0.5) is 5.69 Å². The van der Waals surface area contributed by atoms with Crippen LogP contribution in [-0.2, 0) is 0 Å². The van der Waals surface area contributed by atoms with Crippen LogP contribution >= 0.6 is 15.9 Å². The van der Waals surface area contributed by atoms with Gasteiger partial charge in [0.15, 0.2) is 5.69 Å². The Labute approximate surface area is 75.9 Å². The second-order valence-electron chi connectivity index (χ2n) is 1.86. The Bertz CT molecular complexity index is 372. The Kier molecular flexibility index (Phi) is 2.35. The van der Waals surface area contributed by atoms with E-state index in [1.807, 2.05) is 0 Å². The van der Waals surface area contributed by atoms with Gasteiger partial charge in [0.2, 0.25) is 0 Å². The molecule has 5 nitrogen and oxygen atoms in total. The highest BCUT2D eigenvalue weighted by molar-refractivity contribution is 9.10. The lowest BCUT2D eigenvalue weighted by molar-refractivity contribution is -0.385. The molecule has 1 aromatic heterocycles. The first-order valence-electron chi connectivity index (χ1n) is 2.86. The number of rotatable bonds is 1. The van der Waals surface area contributed by atoms with E-state index in [0.29, 0.717) is 0 Å². The Morgan fingerprint density at radius 2 is 2.42 bits per heavy atom. The topological polar surface area (TPSA) is 79.8 Å². The van der Waals surface area contributed by atoms with E-state index in [0.717, 1.165) is 0 Å². The third kappa shape index (κ3) is 1.40. The van der Waals surface area contributed by atoms with Crippen molar-refractivity contribution >= 4 is 21.6 Å². The van der Waals surface area contributed by atoms with Gasteiger partial charge in [-0.2, -0.15) is 5.26 Å². The van der Waals surface area contributed by atoms with E-state index in [9.17, 15) is 10.1 Å². The summed E-state index contributed by atoms with van der Waals surface area (Å²) in [5.74, 6) is 0. The Morgan fingerprint density at radius 3 is 2.92 bits per heavy atom. The first kappa shape index (κ1) is 8.62. The monoisotopic (exact) mass is 227 g/mol. The number of pyridine rings is 1. The third-order valence-electron chi connectivity index (χ3n) is 1.17. The van der Waals surface area contributed by atoms with Gasteiger partial charge < -0.3 is 0 Å². The summed E-state index contributed by atoms with van der Waals surface area (Å²) >= 11 is 2.92. The lowest BCUT2D eigenvalue weighted by Gasteiger charge is -1.94. The minimum Gasteiger partial charge on any atom is -0.258 e. The number of hydrogen-bond acceptors (Lipinski definition) is 4. The summed E-state index contributed by atoms with van der Waals surface area (Å²) in [4.78, 5) is 13.4. The molecule has 0 bridgehead atoms. The number of nitrogens with zero attached hydrogens (tertiary/aromatic N) is 3. The summed E-state index contributed by atoms with van der Waals surface area (Å²) in [6.07, 6.45) is 1.22. The molecule has 12 heavy (non-hydrogen) atoms. The van der Waals surface area contributed by atoms with Crippen molar-refractivity contribution in [1.82, 2.24) is 4.98 Å². The maximum absolute atomic E-state index is 10.3. The van der Waals surface area contributed by atoms with E-state index in [2.05, 4.69) is 20.9 Å². The van der Waals surface area contributed by atoms with Crippen molar-refractivity contribution in [2.45, 2.75) is 0 Å². The van der Waals surface area contributed by atoms with Crippen LogP contribution < -0.4 is 0 Å². The first-order valence-corrected chi connectivity index (χ1v) is 3.65. The van der Waals surface area contributed by atoms with Crippen LogP contribution in [0.5, 0.6) is 0 Å². The van der Waals surface area contributed by atoms with Gasteiger partial charge in [0.05, 0.1) is 4.92 Å². The minimum absolute atomic E-state index is 0.0178. The molecule has 0 atom stereocenters. The summed E-state index contributed by atoms with van der Waals surface area (Å²) in [6.45, 7) is 0. The molecule has 0 saturated heterocycles. The van der Waals surface area contributed by atoms with Crippen LogP contribution in [0.1, 0.15) is 5.69 Å². The molecule has 0 aromatic carbocycles. The zero-order valence-corrected chi connectivity index (χ0v) is 7.28. The summed E-state index contributed by atoms with van der Waals surface area (Å²) in [7, 11) is 0. The highest BCUT2D eigenvalue weighted by Crippen LogP contribution is 2.25. The molecule has 1 rings (SSSR count). The lowest BCUT2D eigenvalue weighted by atomic mass is 10.3. The van der Waals surface area contributed by atoms with Gasteiger partial charge in [-0.3, -0.25) is 10.1 Å². The van der Waals surface area contributed by atoms with Gasteiger partial charge >= 0.3 is 0 Å². The van der Waals surface area contributed by atoms with Crippen LogP contribution in [0.2, 0.25) is 0 Å². The van der Waals surface area contributed by atoms with Crippen LogP contribution in [0.25, 0.3) is 0 Å². The molecule has 1 heterocycles. The Morgan fingerprint density at radius 1 is 1.75 bits per heavy atom. The Balaban J connectivity index is 3.35. The van der Waals surface area contributed by atoms with E-state index >= 15 is 0 Å². The van der Waals surface area contributed by atoms with E-state index in [1.165, 1.54) is 12.3 Å². The number of nitriles is 1. The van der Waals surface area contributed by atoms with E-state index < -0.39 is 4.92 Å². The normalized spacial score (nSPS) is 9.00. The summed E-state index contributed by atoms with van der Waals surface area (Å²) < 4.78 is 0.123. The van der Waals surface area contributed by atoms with Crippen molar-refractivity contribution in [3.63, 3.8) is 0 Å². The van der Waals surface area contributed by atoms with Gasteiger partial charge in [-0.05, 0) is 15.9 Å². The molecule has 0 saturated carbocycles. The summed E-state index contributed by atoms with van der Waals surface area (Å²) in [5.41, 5.74) is -0.134. The fourth-order valence-electron chi connectivity index (χ4n) is 0.653. The number of hydrogen-bond donors (Lipinski definition) is 0. The maximum Gasteiger partial charge on any atom is 0.288 e. The van der Waals surface area contributed by atoms with Gasteiger partial charge in [-0.1, -0.05) is 0 Å². The molecule has 6 heteroatoms. The van der Waals surface area contributed by atoms with Crippen LogP contribution in [0.3, 0.4) is 0 Å². The Hall–Kier alpha value is -1.48. The molecular weight excluding hydrogens is 226 g/mol. The maximum atomic E-state index is 10.3. The first-order chi connectivity index (χ1) is 5.66. The van der Waals surface area contributed by atoms with E-state index in [4.69, 9.17) is 5.26 Å². The zero-order chi connectivity index (χ0) is 9.14. The second-order valence-corrected chi connectivity index (χ2v) is 2.65. The van der Waals surface area contributed by atoms with Crippen molar-refractivity contribution in [2.24, 2.45) is 0 Å². The SMILES string of the molecule is N#Cc1nccc([N+](=O)[O-])c1Br. The quantitative estimate of drug-likeness (QED) is 0.540. The van der Waals surface area contributed by atoms with Crippen LogP contribution in [0, 0.1) is 21.4 Å². The molecule has 0 radical (unpaired) electrons. The fourth-order valence-corrected chi connectivity index (χ4v) is 1.12.